The molecule has 1 aromatic rings. The van der Waals surface area contributed by atoms with Gasteiger partial charge >= 0.3 is 5.97 Å². The Morgan fingerprint density at radius 1 is 1.00 bits per heavy atom. The molecule has 190 valence electrons. The third kappa shape index (κ3) is 5.11. The quantitative estimate of drug-likeness (QED) is 0.202. The minimum atomic E-state index is -2.23. The third-order valence-electron chi connectivity index (χ3n) is 7.71. The van der Waals surface area contributed by atoms with Gasteiger partial charge in [-0.25, -0.2) is 4.79 Å². The van der Waals surface area contributed by atoms with Gasteiger partial charge in [0.2, 0.25) is 0 Å². The highest BCUT2D eigenvalue weighted by Gasteiger charge is 2.59. The standard InChI is InChI=1S/C30H44O3Si2/c1-21(2)35(22(3)4,23(5)6)33-29-24(7)28(25-16-12-11-13-17-25)30(26(29)20-27(31)32-30)18-14-15-19-34(8,9)10/h11-13,16-17,20-23,28H,14,18H2,1-10H3/t28-,30+/m0/s1. The van der Waals surface area contributed by atoms with Crippen molar-refractivity contribution in [2.45, 2.75) is 109 Å². The van der Waals surface area contributed by atoms with E-state index in [1.165, 1.54) is 5.57 Å². The van der Waals surface area contributed by atoms with E-state index in [1.807, 2.05) is 6.07 Å². The second-order valence-electron chi connectivity index (χ2n) is 12.2. The van der Waals surface area contributed by atoms with Crippen LogP contribution in [0.15, 0.2) is 53.3 Å². The van der Waals surface area contributed by atoms with Gasteiger partial charge in [0, 0.05) is 24.5 Å². The van der Waals surface area contributed by atoms with Gasteiger partial charge in [-0.15, -0.1) is 11.5 Å². The van der Waals surface area contributed by atoms with Crippen LogP contribution in [0.25, 0.3) is 0 Å². The van der Waals surface area contributed by atoms with E-state index in [4.69, 9.17) is 9.16 Å². The number of carbonyl (C=O) groups is 1. The van der Waals surface area contributed by atoms with Crippen LogP contribution < -0.4 is 0 Å². The van der Waals surface area contributed by atoms with Crippen LogP contribution in [0, 0.1) is 11.5 Å². The molecule has 0 amide bonds. The van der Waals surface area contributed by atoms with Crippen molar-refractivity contribution in [3.63, 3.8) is 0 Å². The lowest BCUT2D eigenvalue weighted by Crippen LogP contribution is -2.47. The molecule has 2 atom stereocenters. The van der Waals surface area contributed by atoms with Gasteiger partial charge < -0.3 is 9.16 Å². The number of rotatable bonds is 8. The molecule has 0 saturated heterocycles. The summed E-state index contributed by atoms with van der Waals surface area (Å²) in [6, 6.07) is 10.5. The third-order valence-corrected chi connectivity index (χ3v) is 14.6. The fourth-order valence-electron chi connectivity index (χ4n) is 6.41. The van der Waals surface area contributed by atoms with Crippen LogP contribution in [0.2, 0.25) is 36.3 Å². The maximum atomic E-state index is 12.9. The molecule has 35 heavy (non-hydrogen) atoms. The molecule has 1 heterocycles. The summed E-state index contributed by atoms with van der Waals surface area (Å²) >= 11 is 0. The van der Waals surface area contributed by atoms with Crippen molar-refractivity contribution in [1.82, 2.24) is 0 Å². The minimum absolute atomic E-state index is 0.0664. The monoisotopic (exact) mass is 508 g/mol. The summed E-state index contributed by atoms with van der Waals surface area (Å²) in [5, 5.41) is 0. The van der Waals surface area contributed by atoms with Crippen molar-refractivity contribution in [3.05, 3.63) is 58.9 Å². The van der Waals surface area contributed by atoms with E-state index in [0.29, 0.717) is 29.5 Å². The van der Waals surface area contributed by atoms with Crippen molar-refractivity contribution >= 4 is 22.4 Å². The number of fused-ring (bicyclic) bond motifs is 1. The molecule has 2 aliphatic rings. The lowest BCUT2D eigenvalue weighted by Gasteiger charge is -2.43. The Bertz CT molecular complexity index is 1040. The highest BCUT2D eigenvalue weighted by Crippen LogP contribution is 2.58. The normalized spacial score (nSPS) is 22.4. The predicted octanol–water partition coefficient (Wildman–Crippen LogP) is 8.13. The molecule has 3 rings (SSSR count). The first-order valence-electron chi connectivity index (χ1n) is 13.2. The van der Waals surface area contributed by atoms with Crippen LogP contribution in [0.5, 0.6) is 0 Å². The fourth-order valence-corrected chi connectivity index (χ4v) is 12.4. The van der Waals surface area contributed by atoms with Gasteiger partial charge in [0.1, 0.15) is 13.8 Å². The summed E-state index contributed by atoms with van der Waals surface area (Å²) in [7, 11) is -3.70. The topological polar surface area (TPSA) is 35.5 Å². The van der Waals surface area contributed by atoms with Gasteiger partial charge in [-0.1, -0.05) is 91.5 Å². The molecule has 0 bridgehead atoms. The number of hydrogen-bond donors (Lipinski definition) is 0. The zero-order valence-corrected chi connectivity index (χ0v) is 25.4. The molecular formula is C30H44O3Si2. The van der Waals surface area contributed by atoms with Crippen LogP contribution >= 0.6 is 0 Å². The zero-order chi connectivity index (χ0) is 26.2. The van der Waals surface area contributed by atoms with E-state index in [2.05, 4.69) is 104 Å². The van der Waals surface area contributed by atoms with Crippen LogP contribution in [-0.2, 0) is 14.0 Å². The number of carbonyl (C=O) groups excluding carboxylic acids is 1. The number of esters is 1. The molecule has 0 radical (unpaired) electrons. The summed E-state index contributed by atoms with van der Waals surface area (Å²) in [6.45, 7) is 22.8. The average Bonchev–Trinajstić information content (AvgIpc) is 3.17. The van der Waals surface area contributed by atoms with Crippen molar-refractivity contribution in [2.75, 3.05) is 0 Å². The lowest BCUT2D eigenvalue weighted by atomic mass is 9.77. The Balaban J connectivity index is 2.16. The van der Waals surface area contributed by atoms with Gasteiger partial charge in [-0.05, 0) is 34.7 Å². The van der Waals surface area contributed by atoms with Crippen LogP contribution in [0.1, 0.15) is 72.8 Å². The van der Waals surface area contributed by atoms with E-state index < -0.39 is 22.0 Å². The number of hydrogen-bond acceptors (Lipinski definition) is 3. The maximum absolute atomic E-state index is 12.9. The lowest BCUT2D eigenvalue weighted by molar-refractivity contribution is -0.147. The van der Waals surface area contributed by atoms with Crippen LogP contribution in [-0.4, -0.2) is 28.0 Å². The van der Waals surface area contributed by atoms with E-state index in [1.54, 1.807) is 6.08 Å². The molecule has 0 spiro atoms. The Hall–Kier alpha value is -2.04. The van der Waals surface area contributed by atoms with Gasteiger partial charge in [0.05, 0.1) is 5.92 Å². The van der Waals surface area contributed by atoms with Gasteiger partial charge in [-0.2, -0.15) is 0 Å². The molecule has 1 aliphatic heterocycles. The van der Waals surface area contributed by atoms with E-state index in [9.17, 15) is 4.79 Å². The fraction of sp³-hybridized carbons (Fsp3) is 0.567. The largest absolute Gasteiger partial charge is 0.542 e. The number of ether oxygens (including phenoxy) is 1. The highest BCUT2D eigenvalue weighted by molar-refractivity contribution is 6.83. The zero-order valence-electron chi connectivity index (χ0n) is 23.4. The van der Waals surface area contributed by atoms with Crippen LogP contribution in [0.4, 0.5) is 0 Å². The van der Waals surface area contributed by atoms with E-state index in [-0.39, 0.29) is 11.9 Å². The summed E-state index contributed by atoms with van der Waals surface area (Å²) in [5.74, 6) is 4.00. The summed E-state index contributed by atoms with van der Waals surface area (Å²) in [6.07, 6.45) is 3.07. The van der Waals surface area contributed by atoms with E-state index in [0.717, 1.165) is 16.9 Å². The predicted molar refractivity (Wildman–Crippen MR) is 151 cm³/mol. The van der Waals surface area contributed by atoms with Gasteiger partial charge in [-0.3, -0.25) is 0 Å². The van der Waals surface area contributed by atoms with Crippen molar-refractivity contribution < 1.29 is 14.0 Å². The Labute approximate surface area is 215 Å². The first-order chi connectivity index (χ1) is 16.3. The molecule has 1 aliphatic carbocycles. The molecule has 0 N–H and O–H groups in total. The summed E-state index contributed by atoms with van der Waals surface area (Å²) < 4.78 is 13.6. The highest BCUT2D eigenvalue weighted by atomic mass is 28.4. The smallest absolute Gasteiger partial charge is 0.332 e. The van der Waals surface area contributed by atoms with Gasteiger partial charge in [0.25, 0.3) is 8.32 Å². The van der Waals surface area contributed by atoms with Crippen molar-refractivity contribution in [2.24, 2.45) is 0 Å². The van der Waals surface area contributed by atoms with Crippen molar-refractivity contribution in [1.29, 1.82) is 0 Å². The molecule has 0 aromatic heterocycles. The number of benzene rings is 1. The molecule has 0 fully saturated rings. The van der Waals surface area contributed by atoms with Gasteiger partial charge in [0.15, 0.2) is 5.60 Å². The van der Waals surface area contributed by atoms with E-state index >= 15 is 0 Å². The minimum Gasteiger partial charge on any atom is -0.542 e. The second-order valence-corrected chi connectivity index (χ2v) is 22.3. The molecule has 1 aromatic carbocycles. The SMILES string of the molecule is CC1=C(O[Si](C(C)C)(C(C)C)C(C)C)C2=CC(=O)O[C@@]2(CCC#C[Si](C)(C)C)[C@@H]1c1ccccc1. The Kier molecular flexibility index (Phi) is 7.98. The van der Waals surface area contributed by atoms with Crippen molar-refractivity contribution in [3.8, 4) is 11.5 Å². The Morgan fingerprint density at radius 3 is 2.09 bits per heavy atom. The molecular weight excluding hydrogens is 464 g/mol. The second kappa shape index (κ2) is 10.1. The summed E-state index contributed by atoms with van der Waals surface area (Å²) in [5.41, 5.74) is 7.32. The summed E-state index contributed by atoms with van der Waals surface area (Å²) in [4.78, 5) is 12.9. The first-order valence-corrected chi connectivity index (χ1v) is 18.8. The average molecular weight is 509 g/mol. The molecule has 0 saturated carbocycles. The first kappa shape index (κ1) is 27.5. The Morgan fingerprint density at radius 2 is 1.57 bits per heavy atom. The molecule has 0 unspecified atom stereocenters. The molecule has 3 nitrogen and oxygen atoms in total. The van der Waals surface area contributed by atoms with Crippen LogP contribution in [0.3, 0.4) is 0 Å². The molecule has 5 heteroatoms. The maximum Gasteiger partial charge on any atom is 0.332 e.